The molecule has 0 aliphatic rings. The van der Waals surface area contributed by atoms with E-state index in [1.807, 2.05) is 6.92 Å². The molecule has 34 heavy (non-hydrogen) atoms. The molecule has 10 heteroatoms. The van der Waals surface area contributed by atoms with Gasteiger partial charge in [0.15, 0.2) is 17.5 Å². The van der Waals surface area contributed by atoms with Crippen molar-refractivity contribution in [2.24, 2.45) is 0 Å². The minimum atomic E-state index is -1.69. The number of benzene rings is 2. The SMILES string of the molecule is CCCN(CC(=O)Nc1ccc(F)c(F)c1F)C(=O)c1cccc(OCc2c(C)noc2C)c1. The molecule has 1 aromatic heterocycles. The smallest absolute Gasteiger partial charge is 0.254 e. The lowest BCUT2D eigenvalue weighted by Crippen LogP contribution is -2.38. The molecule has 0 bridgehead atoms. The standard InChI is InChI=1S/C24H24F3N3O4/c1-4-10-30(12-21(31)28-20-9-8-19(25)22(26)23(20)27)24(32)16-6-5-7-17(11-16)33-13-18-14(2)29-34-15(18)3/h5-9,11H,4,10,12-13H2,1-3H3,(H,28,31). The van der Waals surface area contributed by atoms with Crippen LogP contribution in [0.5, 0.6) is 5.75 Å². The Kier molecular flexibility index (Phi) is 7.93. The van der Waals surface area contributed by atoms with Crippen LogP contribution in [0, 0.1) is 31.3 Å². The van der Waals surface area contributed by atoms with Gasteiger partial charge in [0.05, 0.1) is 16.9 Å². The van der Waals surface area contributed by atoms with Gasteiger partial charge in [-0.1, -0.05) is 18.1 Å². The lowest BCUT2D eigenvalue weighted by molar-refractivity contribution is -0.116. The summed E-state index contributed by atoms with van der Waals surface area (Å²) in [6.45, 7) is 5.45. The summed E-state index contributed by atoms with van der Waals surface area (Å²) in [7, 11) is 0. The van der Waals surface area contributed by atoms with Crippen molar-refractivity contribution in [2.45, 2.75) is 33.8 Å². The van der Waals surface area contributed by atoms with E-state index in [1.54, 1.807) is 38.1 Å². The van der Waals surface area contributed by atoms with Gasteiger partial charge in [0.25, 0.3) is 5.91 Å². The number of nitrogens with zero attached hydrogens (tertiary/aromatic N) is 2. The third kappa shape index (κ3) is 5.75. The summed E-state index contributed by atoms with van der Waals surface area (Å²) in [4.78, 5) is 26.8. The van der Waals surface area contributed by atoms with Gasteiger partial charge in [-0.05, 0) is 50.6 Å². The van der Waals surface area contributed by atoms with Crippen LogP contribution in [0.25, 0.3) is 0 Å². The van der Waals surface area contributed by atoms with Crippen LogP contribution in [0.2, 0.25) is 0 Å². The summed E-state index contributed by atoms with van der Waals surface area (Å²) in [5.41, 5.74) is 1.30. The largest absolute Gasteiger partial charge is 0.489 e. The number of nitrogens with one attached hydrogen (secondary N) is 1. The van der Waals surface area contributed by atoms with Gasteiger partial charge in [0, 0.05) is 12.1 Å². The van der Waals surface area contributed by atoms with Crippen molar-refractivity contribution >= 4 is 17.5 Å². The van der Waals surface area contributed by atoms with E-state index in [0.717, 1.165) is 11.6 Å². The first kappa shape index (κ1) is 24.8. The molecule has 1 N–H and O–H groups in total. The molecule has 0 aliphatic carbocycles. The van der Waals surface area contributed by atoms with Crippen LogP contribution < -0.4 is 10.1 Å². The summed E-state index contributed by atoms with van der Waals surface area (Å²) in [6, 6.07) is 8.10. The fourth-order valence-electron chi connectivity index (χ4n) is 3.27. The Morgan fingerprint density at radius 3 is 2.56 bits per heavy atom. The highest BCUT2D eigenvalue weighted by Crippen LogP contribution is 2.21. The molecule has 180 valence electrons. The number of anilines is 1. The molecule has 0 unspecified atom stereocenters. The van der Waals surface area contributed by atoms with Gasteiger partial charge in [-0.2, -0.15) is 0 Å². The molecular formula is C24H24F3N3O4. The molecule has 0 saturated carbocycles. The second-order valence-corrected chi connectivity index (χ2v) is 7.62. The Labute approximate surface area is 194 Å². The predicted octanol–water partition coefficient (Wildman–Crippen LogP) is 4.78. The number of rotatable bonds is 9. The van der Waals surface area contributed by atoms with Crippen LogP contribution in [0.4, 0.5) is 18.9 Å². The molecule has 7 nitrogen and oxygen atoms in total. The monoisotopic (exact) mass is 475 g/mol. The molecule has 2 aromatic carbocycles. The van der Waals surface area contributed by atoms with Crippen molar-refractivity contribution < 1.29 is 32.0 Å². The third-order valence-electron chi connectivity index (χ3n) is 5.07. The molecule has 0 saturated heterocycles. The van der Waals surface area contributed by atoms with Gasteiger partial charge < -0.3 is 19.5 Å². The first-order valence-electron chi connectivity index (χ1n) is 10.6. The van der Waals surface area contributed by atoms with E-state index in [9.17, 15) is 22.8 Å². The van der Waals surface area contributed by atoms with Gasteiger partial charge in [-0.3, -0.25) is 9.59 Å². The number of ether oxygens (including phenoxy) is 1. The number of carbonyl (C=O) groups excluding carboxylic acids is 2. The summed E-state index contributed by atoms with van der Waals surface area (Å²) in [5.74, 6) is -4.67. The number of carbonyl (C=O) groups is 2. The molecule has 0 atom stereocenters. The molecular weight excluding hydrogens is 451 g/mol. The minimum Gasteiger partial charge on any atom is -0.489 e. The quantitative estimate of drug-likeness (QED) is 0.451. The third-order valence-corrected chi connectivity index (χ3v) is 5.07. The van der Waals surface area contributed by atoms with E-state index in [4.69, 9.17) is 9.26 Å². The number of amides is 2. The normalized spacial score (nSPS) is 10.8. The molecule has 0 radical (unpaired) electrons. The summed E-state index contributed by atoms with van der Waals surface area (Å²) < 4.78 is 51.3. The molecule has 1 heterocycles. The molecule has 0 fully saturated rings. The topological polar surface area (TPSA) is 84.7 Å². The van der Waals surface area contributed by atoms with Crippen molar-refractivity contribution in [1.82, 2.24) is 10.1 Å². The average molecular weight is 475 g/mol. The van der Waals surface area contributed by atoms with E-state index in [2.05, 4.69) is 10.5 Å². The number of hydrogen-bond donors (Lipinski definition) is 1. The maximum absolute atomic E-state index is 13.9. The zero-order chi connectivity index (χ0) is 24.8. The van der Waals surface area contributed by atoms with Crippen LogP contribution >= 0.6 is 0 Å². The number of halogens is 3. The zero-order valence-corrected chi connectivity index (χ0v) is 19.0. The van der Waals surface area contributed by atoms with Crippen molar-refractivity contribution in [2.75, 3.05) is 18.4 Å². The summed E-state index contributed by atoms with van der Waals surface area (Å²) >= 11 is 0. The van der Waals surface area contributed by atoms with Crippen molar-refractivity contribution in [1.29, 1.82) is 0 Å². The molecule has 0 aliphatic heterocycles. The number of aryl methyl sites for hydroxylation is 2. The Bertz CT molecular complexity index is 1180. The van der Waals surface area contributed by atoms with Gasteiger partial charge in [-0.15, -0.1) is 0 Å². The van der Waals surface area contributed by atoms with Crippen LogP contribution in [0.3, 0.4) is 0 Å². The Hall–Kier alpha value is -3.82. The molecule has 3 aromatic rings. The fraction of sp³-hybridized carbons (Fsp3) is 0.292. The Balaban J connectivity index is 1.69. The van der Waals surface area contributed by atoms with Crippen LogP contribution in [-0.2, 0) is 11.4 Å². The molecule has 3 rings (SSSR count). The summed E-state index contributed by atoms with van der Waals surface area (Å²) in [5, 5.41) is 6.05. The molecule has 2 amide bonds. The van der Waals surface area contributed by atoms with Gasteiger partial charge in [0.1, 0.15) is 24.7 Å². The number of aromatic nitrogens is 1. The van der Waals surface area contributed by atoms with Crippen LogP contribution in [0.15, 0.2) is 40.9 Å². The van der Waals surface area contributed by atoms with E-state index < -0.39 is 41.5 Å². The average Bonchev–Trinajstić information content (AvgIpc) is 3.14. The predicted molar refractivity (Wildman–Crippen MR) is 118 cm³/mol. The maximum atomic E-state index is 13.9. The van der Waals surface area contributed by atoms with Gasteiger partial charge in [-0.25, -0.2) is 13.2 Å². The second kappa shape index (κ2) is 10.9. The van der Waals surface area contributed by atoms with Crippen molar-refractivity contribution in [3.63, 3.8) is 0 Å². The zero-order valence-electron chi connectivity index (χ0n) is 19.0. The van der Waals surface area contributed by atoms with Crippen molar-refractivity contribution in [3.8, 4) is 5.75 Å². The highest BCUT2D eigenvalue weighted by Gasteiger charge is 2.21. The van der Waals surface area contributed by atoms with E-state index in [1.165, 1.54) is 4.90 Å². The van der Waals surface area contributed by atoms with E-state index in [0.29, 0.717) is 29.7 Å². The number of hydrogen-bond acceptors (Lipinski definition) is 5. The lowest BCUT2D eigenvalue weighted by atomic mass is 10.1. The van der Waals surface area contributed by atoms with Crippen LogP contribution in [-0.4, -0.2) is 35.0 Å². The first-order valence-corrected chi connectivity index (χ1v) is 10.6. The van der Waals surface area contributed by atoms with Gasteiger partial charge >= 0.3 is 0 Å². The second-order valence-electron chi connectivity index (χ2n) is 7.62. The van der Waals surface area contributed by atoms with Crippen LogP contribution in [0.1, 0.15) is 40.7 Å². The minimum absolute atomic E-state index is 0.208. The highest BCUT2D eigenvalue weighted by molar-refractivity contribution is 5.99. The molecule has 0 spiro atoms. The van der Waals surface area contributed by atoms with Gasteiger partial charge in [0.2, 0.25) is 5.91 Å². The Morgan fingerprint density at radius 2 is 1.88 bits per heavy atom. The summed E-state index contributed by atoms with van der Waals surface area (Å²) in [6.07, 6.45) is 0.556. The fourth-order valence-corrected chi connectivity index (χ4v) is 3.27. The van der Waals surface area contributed by atoms with E-state index >= 15 is 0 Å². The first-order chi connectivity index (χ1) is 16.2. The lowest BCUT2D eigenvalue weighted by Gasteiger charge is -2.22. The van der Waals surface area contributed by atoms with Crippen molar-refractivity contribution in [3.05, 3.63) is 76.4 Å². The Morgan fingerprint density at radius 1 is 1.12 bits per heavy atom. The van der Waals surface area contributed by atoms with E-state index in [-0.39, 0.29) is 18.7 Å². The highest BCUT2D eigenvalue weighted by atomic mass is 19.2. The maximum Gasteiger partial charge on any atom is 0.254 e.